The van der Waals surface area contributed by atoms with E-state index in [1.54, 1.807) is 20.8 Å². The molecule has 0 saturated carbocycles. The van der Waals surface area contributed by atoms with Crippen LogP contribution in [0.1, 0.15) is 60.3 Å². The second kappa shape index (κ2) is 9.61. The molecular formula is C15H28O5. The minimum absolute atomic E-state index is 0.252. The number of hydrogen-bond donors (Lipinski definition) is 0. The van der Waals surface area contributed by atoms with E-state index in [0.29, 0.717) is 19.4 Å². The third-order valence-corrected chi connectivity index (χ3v) is 3.51. The predicted molar refractivity (Wildman–Crippen MR) is 76.5 cm³/mol. The maximum atomic E-state index is 12.2. The van der Waals surface area contributed by atoms with Crippen LogP contribution in [0.3, 0.4) is 0 Å². The Labute approximate surface area is 122 Å². The van der Waals surface area contributed by atoms with E-state index in [4.69, 9.17) is 14.2 Å². The topological polar surface area (TPSA) is 61.8 Å². The van der Waals surface area contributed by atoms with Gasteiger partial charge in [0.1, 0.15) is 11.5 Å². The minimum Gasteiger partial charge on any atom is -0.465 e. The van der Waals surface area contributed by atoms with Crippen molar-refractivity contribution in [2.45, 2.75) is 66.4 Å². The van der Waals surface area contributed by atoms with Gasteiger partial charge in [-0.1, -0.05) is 26.7 Å². The summed E-state index contributed by atoms with van der Waals surface area (Å²) in [5.74, 6) is -0.326. The zero-order valence-corrected chi connectivity index (χ0v) is 13.4. The van der Waals surface area contributed by atoms with Gasteiger partial charge in [-0.15, -0.1) is 0 Å². The molecule has 0 aromatic rings. The first-order valence-corrected chi connectivity index (χ1v) is 7.46. The Kier molecular flexibility index (Phi) is 9.01. The van der Waals surface area contributed by atoms with E-state index in [1.165, 1.54) is 0 Å². The van der Waals surface area contributed by atoms with Crippen molar-refractivity contribution in [3.63, 3.8) is 0 Å². The van der Waals surface area contributed by atoms with Crippen LogP contribution in [0.5, 0.6) is 0 Å². The van der Waals surface area contributed by atoms with Gasteiger partial charge in [-0.05, 0) is 33.6 Å². The number of hydrogen-bond acceptors (Lipinski definition) is 5. The summed E-state index contributed by atoms with van der Waals surface area (Å²) < 4.78 is 15.3. The quantitative estimate of drug-likeness (QED) is 0.605. The second-order valence-corrected chi connectivity index (χ2v) is 4.92. The van der Waals surface area contributed by atoms with Gasteiger partial charge in [0.05, 0.1) is 13.2 Å². The smallest absolute Gasteiger partial charge is 0.465 e. The number of carbonyl (C=O) groups excluding carboxylic acids is 2. The normalized spacial score (nSPS) is 15.1. The molecule has 118 valence electrons. The van der Waals surface area contributed by atoms with E-state index in [-0.39, 0.29) is 12.6 Å². The van der Waals surface area contributed by atoms with Gasteiger partial charge in [-0.25, -0.2) is 4.79 Å². The van der Waals surface area contributed by atoms with Gasteiger partial charge in [-0.3, -0.25) is 4.79 Å². The lowest BCUT2D eigenvalue weighted by Crippen LogP contribution is -2.43. The molecule has 0 aromatic heterocycles. The fourth-order valence-corrected chi connectivity index (χ4v) is 1.96. The van der Waals surface area contributed by atoms with E-state index in [1.807, 2.05) is 6.92 Å². The third-order valence-electron chi connectivity index (χ3n) is 3.51. The van der Waals surface area contributed by atoms with Gasteiger partial charge >= 0.3 is 12.1 Å². The molecule has 0 saturated heterocycles. The van der Waals surface area contributed by atoms with Crippen LogP contribution < -0.4 is 0 Å². The third kappa shape index (κ3) is 5.39. The monoisotopic (exact) mass is 288 g/mol. The van der Waals surface area contributed by atoms with Gasteiger partial charge in [0.25, 0.3) is 0 Å². The molecule has 0 heterocycles. The van der Waals surface area contributed by atoms with Crippen molar-refractivity contribution in [3.8, 4) is 0 Å². The number of rotatable bonds is 9. The van der Waals surface area contributed by atoms with E-state index < -0.39 is 17.7 Å². The fourth-order valence-electron chi connectivity index (χ4n) is 1.96. The Morgan fingerprint density at radius 3 is 2.10 bits per heavy atom. The molecule has 0 radical (unpaired) electrons. The summed E-state index contributed by atoms with van der Waals surface area (Å²) in [6, 6.07) is 0. The van der Waals surface area contributed by atoms with Crippen molar-refractivity contribution in [2.75, 3.05) is 13.2 Å². The van der Waals surface area contributed by atoms with Crippen LogP contribution in [0.4, 0.5) is 4.79 Å². The van der Waals surface area contributed by atoms with Crippen molar-refractivity contribution in [1.82, 2.24) is 0 Å². The summed E-state index contributed by atoms with van der Waals surface area (Å²) in [5.41, 5.74) is -0.835. The van der Waals surface area contributed by atoms with Gasteiger partial charge in [0.15, 0.2) is 0 Å². The molecule has 2 atom stereocenters. The standard InChI is InChI=1S/C15H28O5/c1-6-10-11-12(20-14(17)19-9-4)15(5,7-2)13(16)18-8-3/h12H,6-11H2,1-5H3. The van der Waals surface area contributed by atoms with Crippen LogP contribution in [0.25, 0.3) is 0 Å². The second-order valence-electron chi connectivity index (χ2n) is 4.92. The lowest BCUT2D eigenvalue weighted by atomic mass is 9.79. The fraction of sp³-hybridized carbons (Fsp3) is 0.867. The molecule has 0 aromatic carbocycles. The van der Waals surface area contributed by atoms with Crippen molar-refractivity contribution < 1.29 is 23.8 Å². The largest absolute Gasteiger partial charge is 0.508 e. The lowest BCUT2D eigenvalue weighted by Gasteiger charge is -2.33. The van der Waals surface area contributed by atoms with Crippen LogP contribution in [-0.2, 0) is 19.0 Å². The van der Waals surface area contributed by atoms with Crippen LogP contribution in [0, 0.1) is 5.41 Å². The Morgan fingerprint density at radius 1 is 1.05 bits per heavy atom. The van der Waals surface area contributed by atoms with E-state index in [2.05, 4.69) is 6.92 Å². The molecular weight excluding hydrogens is 260 g/mol. The SMILES string of the molecule is CCCCC(OC(=O)OCC)C(C)(CC)C(=O)OCC. The molecule has 20 heavy (non-hydrogen) atoms. The molecule has 0 spiro atoms. The van der Waals surface area contributed by atoms with Crippen molar-refractivity contribution in [3.05, 3.63) is 0 Å². The average molecular weight is 288 g/mol. The van der Waals surface area contributed by atoms with Crippen LogP contribution >= 0.6 is 0 Å². The molecule has 5 heteroatoms. The summed E-state index contributed by atoms with van der Waals surface area (Å²) in [6.45, 7) is 9.77. The first kappa shape index (κ1) is 18.7. The highest BCUT2D eigenvalue weighted by Gasteiger charge is 2.43. The first-order valence-electron chi connectivity index (χ1n) is 7.46. The zero-order valence-electron chi connectivity index (χ0n) is 13.4. The summed E-state index contributed by atoms with van der Waals surface area (Å²) >= 11 is 0. The van der Waals surface area contributed by atoms with Crippen LogP contribution in [0.2, 0.25) is 0 Å². The number of esters is 1. The summed E-state index contributed by atoms with van der Waals surface area (Å²) in [7, 11) is 0. The van der Waals surface area contributed by atoms with Gasteiger partial charge in [0, 0.05) is 0 Å². The Bertz CT molecular complexity index is 303. The number of ether oxygens (including phenoxy) is 3. The van der Waals surface area contributed by atoms with Gasteiger partial charge < -0.3 is 14.2 Å². The zero-order chi connectivity index (χ0) is 15.6. The minimum atomic E-state index is -0.835. The number of carbonyl (C=O) groups is 2. The highest BCUT2D eigenvalue weighted by Crippen LogP contribution is 2.33. The van der Waals surface area contributed by atoms with Crippen LogP contribution in [-0.4, -0.2) is 31.4 Å². The molecule has 0 aliphatic carbocycles. The van der Waals surface area contributed by atoms with Crippen molar-refractivity contribution >= 4 is 12.1 Å². The molecule has 0 aliphatic heterocycles. The predicted octanol–water partition coefficient (Wildman–Crippen LogP) is 3.70. The van der Waals surface area contributed by atoms with Crippen LogP contribution in [0.15, 0.2) is 0 Å². The number of unbranched alkanes of at least 4 members (excludes halogenated alkanes) is 1. The first-order chi connectivity index (χ1) is 9.46. The van der Waals surface area contributed by atoms with Gasteiger partial charge in [0.2, 0.25) is 0 Å². The molecule has 0 rings (SSSR count). The van der Waals surface area contributed by atoms with Gasteiger partial charge in [-0.2, -0.15) is 0 Å². The highest BCUT2D eigenvalue weighted by atomic mass is 16.7. The maximum Gasteiger partial charge on any atom is 0.508 e. The molecule has 0 fully saturated rings. The summed E-state index contributed by atoms with van der Waals surface area (Å²) in [5, 5.41) is 0. The molecule has 0 aliphatic rings. The van der Waals surface area contributed by atoms with E-state index >= 15 is 0 Å². The van der Waals surface area contributed by atoms with Crippen molar-refractivity contribution in [2.24, 2.45) is 5.41 Å². The Morgan fingerprint density at radius 2 is 1.65 bits per heavy atom. The molecule has 0 N–H and O–H groups in total. The van der Waals surface area contributed by atoms with E-state index in [9.17, 15) is 9.59 Å². The molecule has 2 unspecified atom stereocenters. The molecule has 0 amide bonds. The highest BCUT2D eigenvalue weighted by molar-refractivity contribution is 5.77. The molecule has 5 nitrogen and oxygen atoms in total. The summed E-state index contributed by atoms with van der Waals surface area (Å²) in [6.07, 6.45) is 1.76. The Hall–Kier alpha value is -1.26. The maximum absolute atomic E-state index is 12.2. The lowest BCUT2D eigenvalue weighted by molar-refractivity contribution is -0.163. The Balaban J connectivity index is 5.02. The summed E-state index contributed by atoms with van der Waals surface area (Å²) in [4.78, 5) is 23.7. The van der Waals surface area contributed by atoms with E-state index in [0.717, 1.165) is 12.8 Å². The average Bonchev–Trinajstić information content (AvgIpc) is 2.43. The molecule has 0 bridgehead atoms. The van der Waals surface area contributed by atoms with Crippen molar-refractivity contribution in [1.29, 1.82) is 0 Å².